The van der Waals surface area contributed by atoms with Gasteiger partial charge in [0.2, 0.25) is 0 Å². The molecule has 0 saturated carbocycles. The molecule has 0 atom stereocenters. The van der Waals surface area contributed by atoms with Crippen LogP contribution >= 0.6 is 0 Å². The third-order valence-corrected chi connectivity index (χ3v) is 3.69. The van der Waals surface area contributed by atoms with Gasteiger partial charge in [-0.3, -0.25) is 0 Å². The molecule has 0 spiro atoms. The van der Waals surface area contributed by atoms with Gasteiger partial charge in [-0.1, -0.05) is 18.2 Å². The van der Waals surface area contributed by atoms with Crippen LogP contribution in [0.5, 0.6) is 0 Å². The van der Waals surface area contributed by atoms with Crippen molar-refractivity contribution in [3.63, 3.8) is 0 Å². The molecule has 2 nitrogen and oxygen atoms in total. The lowest BCUT2D eigenvalue weighted by Gasteiger charge is -2.16. The summed E-state index contributed by atoms with van der Waals surface area (Å²) in [7, 11) is 2.18. The Morgan fingerprint density at radius 1 is 1.18 bits per heavy atom. The van der Waals surface area contributed by atoms with Gasteiger partial charge in [-0.2, -0.15) is 0 Å². The predicted molar refractivity (Wildman–Crippen MR) is 73.3 cm³/mol. The third-order valence-electron chi connectivity index (χ3n) is 3.69. The normalized spacial score (nSPS) is 14.3. The molecular formula is C15H24N2. The van der Waals surface area contributed by atoms with Crippen molar-refractivity contribution in [3.8, 4) is 0 Å². The van der Waals surface area contributed by atoms with Gasteiger partial charge in [0.15, 0.2) is 0 Å². The van der Waals surface area contributed by atoms with Crippen molar-refractivity contribution in [2.75, 3.05) is 26.7 Å². The Morgan fingerprint density at radius 2 is 2.00 bits per heavy atom. The summed E-state index contributed by atoms with van der Waals surface area (Å²) in [5.41, 5.74) is 10.2. The summed E-state index contributed by atoms with van der Waals surface area (Å²) in [6.45, 7) is 3.05. The maximum atomic E-state index is 5.52. The lowest BCUT2D eigenvalue weighted by molar-refractivity contribution is 0.335. The molecule has 0 bridgehead atoms. The Kier molecular flexibility index (Phi) is 4.57. The average molecular weight is 232 g/mol. The van der Waals surface area contributed by atoms with Crippen LogP contribution in [-0.2, 0) is 19.3 Å². The van der Waals surface area contributed by atoms with E-state index >= 15 is 0 Å². The van der Waals surface area contributed by atoms with E-state index in [4.69, 9.17) is 5.73 Å². The number of hydrogen-bond acceptors (Lipinski definition) is 2. The molecule has 1 aliphatic rings. The molecule has 0 saturated heterocycles. The number of benzene rings is 1. The molecule has 17 heavy (non-hydrogen) atoms. The van der Waals surface area contributed by atoms with Crippen molar-refractivity contribution in [1.29, 1.82) is 0 Å². The van der Waals surface area contributed by atoms with E-state index in [1.54, 1.807) is 11.1 Å². The Bertz CT molecular complexity index is 360. The first kappa shape index (κ1) is 12.6. The topological polar surface area (TPSA) is 29.3 Å². The Hall–Kier alpha value is -0.860. The van der Waals surface area contributed by atoms with Crippen molar-refractivity contribution < 1.29 is 0 Å². The number of aryl methyl sites for hydroxylation is 2. The molecule has 0 radical (unpaired) electrons. The van der Waals surface area contributed by atoms with Crippen LogP contribution in [0.2, 0.25) is 0 Å². The standard InChI is InChI=1S/C15H24N2/c1-17(10-3-9-16)11-8-13-6-7-14-4-2-5-15(14)12-13/h6-7,12H,2-5,8-11,16H2,1H3. The highest BCUT2D eigenvalue weighted by atomic mass is 15.1. The molecule has 0 heterocycles. The summed E-state index contributed by atoms with van der Waals surface area (Å²) in [6.07, 6.45) is 6.17. The van der Waals surface area contributed by atoms with Crippen LogP contribution in [-0.4, -0.2) is 31.6 Å². The van der Waals surface area contributed by atoms with E-state index in [1.165, 1.54) is 24.8 Å². The number of hydrogen-bond donors (Lipinski definition) is 1. The number of nitrogens with two attached hydrogens (primary N) is 1. The number of rotatable bonds is 6. The van der Waals surface area contributed by atoms with Gasteiger partial charge >= 0.3 is 0 Å². The molecule has 0 unspecified atom stereocenters. The van der Waals surface area contributed by atoms with Gasteiger partial charge in [-0.05, 0) is 68.9 Å². The lowest BCUT2D eigenvalue weighted by Crippen LogP contribution is -2.24. The lowest BCUT2D eigenvalue weighted by atomic mass is 10.0. The van der Waals surface area contributed by atoms with Crippen molar-refractivity contribution >= 4 is 0 Å². The Labute approximate surface area is 105 Å². The third kappa shape index (κ3) is 3.55. The summed E-state index contributed by atoms with van der Waals surface area (Å²) >= 11 is 0. The van der Waals surface area contributed by atoms with Gasteiger partial charge in [-0.15, -0.1) is 0 Å². The minimum atomic E-state index is 0.795. The minimum absolute atomic E-state index is 0.795. The van der Waals surface area contributed by atoms with E-state index in [9.17, 15) is 0 Å². The molecule has 0 aliphatic heterocycles. The second-order valence-corrected chi connectivity index (χ2v) is 5.15. The molecule has 0 amide bonds. The number of fused-ring (bicyclic) bond motifs is 1. The molecule has 2 N–H and O–H groups in total. The van der Waals surface area contributed by atoms with E-state index in [0.717, 1.165) is 32.5 Å². The fraction of sp³-hybridized carbons (Fsp3) is 0.600. The van der Waals surface area contributed by atoms with Gasteiger partial charge in [0.05, 0.1) is 0 Å². The van der Waals surface area contributed by atoms with Gasteiger partial charge in [-0.25, -0.2) is 0 Å². The van der Waals surface area contributed by atoms with Crippen LogP contribution in [0, 0.1) is 0 Å². The van der Waals surface area contributed by atoms with Crippen LogP contribution in [0.25, 0.3) is 0 Å². The minimum Gasteiger partial charge on any atom is -0.330 e. The first-order valence-electron chi connectivity index (χ1n) is 6.79. The largest absolute Gasteiger partial charge is 0.330 e. The van der Waals surface area contributed by atoms with Crippen LogP contribution in [0.3, 0.4) is 0 Å². The zero-order valence-corrected chi connectivity index (χ0v) is 10.9. The van der Waals surface area contributed by atoms with Gasteiger partial charge in [0.25, 0.3) is 0 Å². The summed E-state index contributed by atoms with van der Waals surface area (Å²) in [6, 6.07) is 7.05. The van der Waals surface area contributed by atoms with Crippen molar-refractivity contribution in [1.82, 2.24) is 4.90 Å². The first-order valence-corrected chi connectivity index (χ1v) is 6.79. The second-order valence-electron chi connectivity index (χ2n) is 5.15. The maximum Gasteiger partial charge on any atom is 0.00188 e. The smallest absolute Gasteiger partial charge is 0.00188 e. The molecular weight excluding hydrogens is 208 g/mol. The molecule has 0 fully saturated rings. The average Bonchev–Trinajstić information content (AvgIpc) is 2.81. The van der Waals surface area contributed by atoms with Gasteiger partial charge < -0.3 is 10.6 Å². The summed E-state index contributed by atoms with van der Waals surface area (Å²) in [5, 5.41) is 0. The fourth-order valence-corrected chi connectivity index (χ4v) is 2.57. The van der Waals surface area contributed by atoms with E-state index in [0.29, 0.717) is 0 Å². The zero-order valence-electron chi connectivity index (χ0n) is 10.9. The van der Waals surface area contributed by atoms with Crippen LogP contribution < -0.4 is 5.73 Å². The van der Waals surface area contributed by atoms with Crippen molar-refractivity contribution in [2.45, 2.75) is 32.1 Å². The number of nitrogens with zero attached hydrogens (tertiary/aromatic N) is 1. The Balaban J connectivity index is 1.83. The summed E-state index contributed by atoms with van der Waals surface area (Å²) in [4.78, 5) is 2.38. The fourth-order valence-electron chi connectivity index (χ4n) is 2.57. The molecule has 0 aromatic heterocycles. The van der Waals surface area contributed by atoms with Gasteiger partial charge in [0, 0.05) is 6.54 Å². The van der Waals surface area contributed by atoms with Crippen molar-refractivity contribution in [3.05, 3.63) is 34.9 Å². The molecule has 2 heteroatoms. The molecule has 2 rings (SSSR count). The van der Waals surface area contributed by atoms with E-state index in [1.807, 2.05) is 0 Å². The quantitative estimate of drug-likeness (QED) is 0.813. The SMILES string of the molecule is CN(CCCN)CCc1ccc2c(c1)CCC2. The number of likely N-dealkylation sites (N-methyl/N-ethyl adjacent to an activating group) is 1. The molecule has 1 aliphatic carbocycles. The Morgan fingerprint density at radius 3 is 2.82 bits per heavy atom. The van der Waals surface area contributed by atoms with E-state index < -0.39 is 0 Å². The highest BCUT2D eigenvalue weighted by Crippen LogP contribution is 2.22. The van der Waals surface area contributed by atoms with Crippen molar-refractivity contribution in [2.24, 2.45) is 5.73 Å². The molecule has 1 aromatic rings. The van der Waals surface area contributed by atoms with Crippen LogP contribution in [0.1, 0.15) is 29.5 Å². The van der Waals surface area contributed by atoms with Crippen LogP contribution in [0.4, 0.5) is 0 Å². The monoisotopic (exact) mass is 232 g/mol. The second kappa shape index (κ2) is 6.18. The molecule has 1 aromatic carbocycles. The predicted octanol–water partition coefficient (Wildman–Crippen LogP) is 2.00. The summed E-state index contributed by atoms with van der Waals surface area (Å²) < 4.78 is 0. The highest BCUT2D eigenvalue weighted by Gasteiger charge is 2.10. The zero-order chi connectivity index (χ0) is 12.1. The highest BCUT2D eigenvalue weighted by molar-refractivity contribution is 5.35. The maximum absolute atomic E-state index is 5.52. The summed E-state index contributed by atoms with van der Waals surface area (Å²) in [5.74, 6) is 0. The molecule has 94 valence electrons. The van der Waals surface area contributed by atoms with E-state index in [-0.39, 0.29) is 0 Å². The van der Waals surface area contributed by atoms with Crippen LogP contribution in [0.15, 0.2) is 18.2 Å². The van der Waals surface area contributed by atoms with E-state index in [2.05, 4.69) is 30.1 Å². The first-order chi connectivity index (χ1) is 8.29. The van der Waals surface area contributed by atoms with Gasteiger partial charge in [0.1, 0.15) is 0 Å².